The van der Waals surface area contributed by atoms with Crippen molar-refractivity contribution in [2.45, 2.75) is 6.36 Å². The molecule has 0 saturated heterocycles. The molecule has 0 amide bonds. The molecule has 7 heteroatoms. The van der Waals surface area contributed by atoms with E-state index in [2.05, 4.69) is 25.7 Å². The van der Waals surface area contributed by atoms with E-state index >= 15 is 0 Å². The second-order valence-electron chi connectivity index (χ2n) is 2.11. The van der Waals surface area contributed by atoms with Crippen LogP contribution in [0.5, 0.6) is 5.75 Å². The first-order valence-electron chi connectivity index (χ1n) is 3.05. The summed E-state index contributed by atoms with van der Waals surface area (Å²) in [6.45, 7) is 0. The molecule has 3 nitrogen and oxygen atoms in total. The van der Waals surface area contributed by atoms with Crippen molar-refractivity contribution in [3.63, 3.8) is 0 Å². The van der Waals surface area contributed by atoms with Crippen LogP contribution in [0, 0.1) is 0 Å². The first-order valence-corrected chi connectivity index (χ1v) is 3.84. The van der Waals surface area contributed by atoms with E-state index < -0.39 is 12.1 Å². The second kappa shape index (κ2) is 3.41. The Kier molecular flexibility index (Phi) is 2.65. The van der Waals surface area contributed by atoms with Crippen molar-refractivity contribution in [2.75, 3.05) is 5.73 Å². The highest BCUT2D eigenvalue weighted by Gasteiger charge is 2.32. The van der Waals surface area contributed by atoms with Gasteiger partial charge in [-0.15, -0.1) is 13.2 Å². The third-order valence-corrected chi connectivity index (χ3v) is 1.65. The summed E-state index contributed by atoms with van der Waals surface area (Å²) >= 11 is 2.79. The van der Waals surface area contributed by atoms with Crippen molar-refractivity contribution >= 4 is 21.6 Å². The normalized spacial score (nSPS) is 11.4. The van der Waals surface area contributed by atoms with Gasteiger partial charge in [-0.2, -0.15) is 0 Å². The van der Waals surface area contributed by atoms with Crippen molar-refractivity contribution in [3.05, 3.63) is 16.9 Å². The van der Waals surface area contributed by atoms with Gasteiger partial charge in [0, 0.05) is 6.07 Å². The van der Waals surface area contributed by atoms with Crippen LogP contribution in [-0.2, 0) is 0 Å². The number of aromatic nitrogens is 1. The summed E-state index contributed by atoms with van der Waals surface area (Å²) < 4.78 is 38.8. The number of ether oxygens (including phenoxy) is 1. The molecule has 1 rings (SSSR count). The van der Waals surface area contributed by atoms with E-state index in [4.69, 9.17) is 5.73 Å². The molecule has 0 aliphatic rings. The average Bonchev–Trinajstić information content (AvgIpc) is 1.94. The summed E-state index contributed by atoms with van der Waals surface area (Å²) in [4.78, 5) is 3.53. The lowest BCUT2D eigenvalue weighted by Crippen LogP contribution is -2.17. The van der Waals surface area contributed by atoms with Gasteiger partial charge in [0.25, 0.3) is 0 Å². The summed E-state index contributed by atoms with van der Waals surface area (Å²) in [5.41, 5.74) is 5.32. The fourth-order valence-corrected chi connectivity index (χ4v) is 0.937. The lowest BCUT2D eigenvalue weighted by molar-refractivity contribution is -0.275. The standard InChI is InChI=1S/C6H4BrF3N2O/c7-5-4(13-6(8,9)10)1-3(11)2-12-5/h1-2H,11H2. The highest BCUT2D eigenvalue weighted by molar-refractivity contribution is 9.10. The SMILES string of the molecule is Nc1cnc(Br)c(OC(F)(F)F)c1. The van der Waals surface area contributed by atoms with Gasteiger partial charge in [-0.05, 0) is 15.9 Å². The zero-order chi connectivity index (χ0) is 10.1. The van der Waals surface area contributed by atoms with Crippen LogP contribution in [0.1, 0.15) is 0 Å². The fourth-order valence-electron chi connectivity index (χ4n) is 0.639. The predicted octanol–water partition coefficient (Wildman–Crippen LogP) is 2.32. The lowest BCUT2D eigenvalue weighted by Gasteiger charge is -2.09. The molecule has 72 valence electrons. The highest BCUT2D eigenvalue weighted by atomic mass is 79.9. The van der Waals surface area contributed by atoms with Crippen LogP contribution in [0.15, 0.2) is 16.9 Å². The summed E-state index contributed by atoms with van der Waals surface area (Å²) in [5, 5.41) is 0. The average molecular weight is 257 g/mol. The number of nitrogens with zero attached hydrogens (tertiary/aromatic N) is 1. The number of halogens is 4. The van der Waals surface area contributed by atoms with Crippen LogP contribution >= 0.6 is 15.9 Å². The third kappa shape index (κ3) is 3.10. The summed E-state index contributed by atoms with van der Waals surface area (Å²) in [6, 6.07) is 1.03. The van der Waals surface area contributed by atoms with Crippen molar-refractivity contribution < 1.29 is 17.9 Å². The number of alkyl halides is 3. The maximum atomic E-state index is 11.7. The van der Waals surface area contributed by atoms with Gasteiger partial charge in [0.05, 0.1) is 11.9 Å². The number of rotatable bonds is 1. The molecule has 0 radical (unpaired) electrons. The first kappa shape index (κ1) is 10.1. The summed E-state index contributed by atoms with van der Waals surface area (Å²) in [6.07, 6.45) is -3.52. The van der Waals surface area contributed by atoms with Gasteiger partial charge in [0.15, 0.2) is 5.75 Å². The topological polar surface area (TPSA) is 48.1 Å². The van der Waals surface area contributed by atoms with Crippen molar-refractivity contribution in [2.24, 2.45) is 0 Å². The number of nitrogen functional groups attached to an aromatic ring is 1. The van der Waals surface area contributed by atoms with Gasteiger partial charge < -0.3 is 10.5 Å². The molecule has 0 saturated carbocycles. The minimum Gasteiger partial charge on any atom is -0.403 e. The zero-order valence-corrected chi connectivity index (χ0v) is 7.69. The van der Waals surface area contributed by atoms with Crippen molar-refractivity contribution in [1.82, 2.24) is 4.98 Å². The quantitative estimate of drug-likeness (QED) is 0.785. The Bertz CT molecular complexity index is 315. The van der Waals surface area contributed by atoms with Crippen LogP contribution in [0.2, 0.25) is 0 Å². The number of anilines is 1. The maximum Gasteiger partial charge on any atom is 0.573 e. The second-order valence-corrected chi connectivity index (χ2v) is 2.86. The Labute approximate surface area is 79.8 Å². The van der Waals surface area contributed by atoms with Gasteiger partial charge in [-0.1, -0.05) is 0 Å². The van der Waals surface area contributed by atoms with E-state index in [9.17, 15) is 13.2 Å². The Morgan fingerprint density at radius 3 is 2.62 bits per heavy atom. The molecule has 13 heavy (non-hydrogen) atoms. The molecule has 0 unspecified atom stereocenters. The van der Waals surface area contributed by atoms with Crippen LogP contribution in [0.25, 0.3) is 0 Å². The van der Waals surface area contributed by atoms with E-state index in [0.29, 0.717) is 0 Å². The van der Waals surface area contributed by atoms with Crippen LogP contribution in [0.3, 0.4) is 0 Å². The number of pyridine rings is 1. The lowest BCUT2D eigenvalue weighted by atomic mass is 10.4. The molecule has 0 fully saturated rings. The van der Waals surface area contributed by atoms with E-state index in [1.54, 1.807) is 0 Å². The van der Waals surface area contributed by atoms with E-state index in [1.165, 1.54) is 6.20 Å². The molecule has 0 aliphatic carbocycles. The highest BCUT2D eigenvalue weighted by Crippen LogP contribution is 2.29. The van der Waals surface area contributed by atoms with E-state index in [0.717, 1.165) is 6.07 Å². The molecule has 1 heterocycles. The Morgan fingerprint density at radius 1 is 1.46 bits per heavy atom. The molecular weight excluding hydrogens is 253 g/mol. The molecule has 0 bridgehead atoms. The molecule has 0 aromatic carbocycles. The zero-order valence-electron chi connectivity index (χ0n) is 6.10. The van der Waals surface area contributed by atoms with Gasteiger partial charge in [0.1, 0.15) is 4.60 Å². The van der Waals surface area contributed by atoms with Gasteiger partial charge in [-0.3, -0.25) is 0 Å². The minimum absolute atomic E-state index is 0.0426. The smallest absolute Gasteiger partial charge is 0.403 e. The molecule has 0 spiro atoms. The monoisotopic (exact) mass is 256 g/mol. The summed E-state index contributed by atoms with van der Waals surface area (Å²) in [5.74, 6) is -0.451. The molecular formula is C6H4BrF3N2O. The molecule has 2 N–H and O–H groups in total. The largest absolute Gasteiger partial charge is 0.573 e. The predicted molar refractivity (Wildman–Crippen MR) is 43.0 cm³/mol. The van der Waals surface area contributed by atoms with E-state index in [-0.39, 0.29) is 10.3 Å². The minimum atomic E-state index is -4.74. The van der Waals surface area contributed by atoms with Crippen molar-refractivity contribution in [1.29, 1.82) is 0 Å². The fraction of sp³-hybridized carbons (Fsp3) is 0.167. The Balaban J connectivity index is 2.94. The number of nitrogens with two attached hydrogens (primary N) is 1. The molecule has 1 aromatic heterocycles. The van der Waals surface area contributed by atoms with Gasteiger partial charge in [-0.25, -0.2) is 4.98 Å². The van der Waals surface area contributed by atoms with Crippen LogP contribution in [-0.4, -0.2) is 11.3 Å². The Morgan fingerprint density at radius 2 is 2.08 bits per heavy atom. The van der Waals surface area contributed by atoms with E-state index in [1.807, 2.05) is 0 Å². The number of hydrogen-bond donors (Lipinski definition) is 1. The van der Waals surface area contributed by atoms with Crippen LogP contribution in [0.4, 0.5) is 18.9 Å². The van der Waals surface area contributed by atoms with Crippen LogP contribution < -0.4 is 10.5 Å². The molecule has 0 aliphatic heterocycles. The van der Waals surface area contributed by atoms with Crippen molar-refractivity contribution in [3.8, 4) is 5.75 Å². The molecule has 0 atom stereocenters. The van der Waals surface area contributed by atoms with Gasteiger partial charge >= 0.3 is 6.36 Å². The summed E-state index contributed by atoms with van der Waals surface area (Å²) in [7, 11) is 0. The Hall–Kier alpha value is -0.980. The maximum absolute atomic E-state index is 11.7. The first-order chi connectivity index (χ1) is 5.88. The molecule has 1 aromatic rings. The number of hydrogen-bond acceptors (Lipinski definition) is 3. The third-order valence-electron chi connectivity index (χ3n) is 1.05. The van der Waals surface area contributed by atoms with Gasteiger partial charge in [0.2, 0.25) is 0 Å².